The summed E-state index contributed by atoms with van der Waals surface area (Å²) in [6.07, 6.45) is 3.25. The molecule has 2 aliphatic heterocycles. The number of carbonyl (C=O) groups excluding carboxylic acids is 1. The monoisotopic (exact) mass is 458 g/mol. The van der Waals surface area contributed by atoms with Crippen LogP contribution in [0, 0.1) is 5.41 Å². The van der Waals surface area contributed by atoms with Gasteiger partial charge in [-0.1, -0.05) is 23.2 Å². The lowest BCUT2D eigenvalue weighted by Crippen LogP contribution is -2.56. The standard InChI is InChI=1S/C17H24Cl2N4O2.2ClH/c1-25-12-17(2-4-20-5-3-17)16(24)23-8-6-22(7-9-23)15-14(19)10-13(18)11-21-15;;/h10-11,20H,2-9,12H2,1H3;2*1H. The number of halogens is 4. The molecular formula is C17H26Cl4N4O2. The third-order valence-corrected chi connectivity index (χ3v) is 5.57. The molecule has 0 saturated carbocycles. The van der Waals surface area contributed by atoms with Crippen molar-refractivity contribution in [2.24, 2.45) is 5.41 Å². The maximum atomic E-state index is 13.2. The molecule has 0 spiro atoms. The fourth-order valence-corrected chi connectivity index (χ4v) is 4.20. The summed E-state index contributed by atoms with van der Waals surface area (Å²) in [7, 11) is 1.67. The van der Waals surface area contributed by atoms with Gasteiger partial charge in [-0.3, -0.25) is 4.79 Å². The number of piperazine rings is 1. The first-order chi connectivity index (χ1) is 12.1. The van der Waals surface area contributed by atoms with Gasteiger partial charge >= 0.3 is 0 Å². The van der Waals surface area contributed by atoms with Crippen LogP contribution in [0.1, 0.15) is 12.8 Å². The zero-order valence-electron chi connectivity index (χ0n) is 15.2. The number of amides is 1. The minimum atomic E-state index is -0.391. The Labute approximate surface area is 182 Å². The van der Waals surface area contributed by atoms with Gasteiger partial charge in [-0.25, -0.2) is 4.98 Å². The van der Waals surface area contributed by atoms with E-state index >= 15 is 0 Å². The summed E-state index contributed by atoms with van der Waals surface area (Å²) >= 11 is 12.2. The SMILES string of the molecule is COCC1(C(=O)N2CCN(c3ncc(Cl)cc3Cl)CC2)CCNCC1.Cl.Cl. The van der Waals surface area contributed by atoms with E-state index in [4.69, 9.17) is 27.9 Å². The molecule has 0 radical (unpaired) electrons. The van der Waals surface area contributed by atoms with Crippen LogP contribution in [0.2, 0.25) is 10.0 Å². The maximum Gasteiger partial charge on any atom is 0.231 e. The number of nitrogens with one attached hydrogen (secondary N) is 1. The summed E-state index contributed by atoms with van der Waals surface area (Å²) in [5.74, 6) is 0.942. The van der Waals surface area contributed by atoms with Crippen LogP contribution in [-0.4, -0.2) is 68.8 Å². The zero-order valence-corrected chi connectivity index (χ0v) is 18.4. The molecule has 1 aromatic heterocycles. The molecule has 1 amide bonds. The van der Waals surface area contributed by atoms with Crippen molar-refractivity contribution in [1.82, 2.24) is 15.2 Å². The van der Waals surface area contributed by atoms with Crippen molar-refractivity contribution in [2.45, 2.75) is 12.8 Å². The van der Waals surface area contributed by atoms with Crippen molar-refractivity contribution in [1.29, 1.82) is 0 Å². The first-order valence-electron chi connectivity index (χ1n) is 8.61. The Bertz CT molecular complexity index is 615. The van der Waals surface area contributed by atoms with Crippen molar-refractivity contribution >= 4 is 59.7 Å². The second-order valence-electron chi connectivity index (χ2n) is 6.70. The smallest absolute Gasteiger partial charge is 0.231 e. The Morgan fingerprint density at radius 2 is 1.85 bits per heavy atom. The molecule has 2 aliphatic rings. The molecule has 3 heterocycles. The van der Waals surface area contributed by atoms with Crippen LogP contribution < -0.4 is 10.2 Å². The van der Waals surface area contributed by atoms with E-state index in [1.165, 1.54) is 0 Å². The lowest BCUT2D eigenvalue weighted by molar-refractivity contribution is -0.147. The highest BCUT2D eigenvalue weighted by Gasteiger charge is 2.42. The lowest BCUT2D eigenvalue weighted by Gasteiger charge is -2.43. The fraction of sp³-hybridized carbons (Fsp3) is 0.647. The Hall–Kier alpha value is -0.500. The normalized spacial score (nSPS) is 19.1. The first-order valence-corrected chi connectivity index (χ1v) is 9.36. The number of ether oxygens (including phenoxy) is 1. The van der Waals surface area contributed by atoms with Crippen LogP contribution in [-0.2, 0) is 9.53 Å². The van der Waals surface area contributed by atoms with Crippen molar-refractivity contribution < 1.29 is 9.53 Å². The number of pyridine rings is 1. The van der Waals surface area contributed by atoms with Gasteiger partial charge in [-0.05, 0) is 32.0 Å². The third kappa shape index (κ3) is 5.52. The van der Waals surface area contributed by atoms with Crippen LogP contribution in [0.5, 0.6) is 0 Å². The van der Waals surface area contributed by atoms with Crippen molar-refractivity contribution in [3.8, 4) is 0 Å². The van der Waals surface area contributed by atoms with Crippen LogP contribution in [0.25, 0.3) is 0 Å². The number of carbonyl (C=O) groups is 1. The van der Waals surface area contributed by atoms with E-state index in [1.807, 2.05) is 4.90 Å². The Kier molecular flexibility index (Phi) is 9.89. The van der Waals surface area contributed by atoms with Gasteiger partial charge in [0.05, 0.1) is 22.1 Å². The van der Waals surface area contributed by atoms with Gasteiger partial charge in [-0.2, -0.15) is 0 Å². The van der Waals surface area contributed by atoms with Crippen LogP contribution >= 0.6 is 48.0 Å². The van der Waals surface area contributed by atoms with Gasteiger partial charge in [0.1, 0.15) is 5.82 Å². The van der Waals surface area contributed by atoms with Gasteiger partial charge in [-0.15, -0.1) is 24.8 Å². The molecule has 3 rings (SSSR count). The molecule has 6 nitrogen and oxygen atoms in total. The number of anilines is 1. The van der Waals surface area contributed by atoms with E-state index < -0.39 is 5.41 Å². The van der Waals surface area contributed by atoms with E-state index in [9.17, 15) is 4.79 Å². The second-order valence-corrected chi connectivity index (χ2v) is 7.55. The average Bonchev–Trinajstić information content (AvgIpc) is 2.62. The molecule has 1 N–H and O–H groups in total. The third-order valence-electron chi connectivity index (χ3n) is 5.09. The zero-order chi connectivity index (χ0) is 17.9. The lowest BCUT2D eigenvalue weighted by atomic mass is 9.78. The number of nitrogens with zero attached hydrogens (tertiary/aromatic N) is 3. The van der Waals surface area contributed by atoms with Crippen LogP contribution in [0.4, 0.5) is 5.82 Å². The fourth-order valence-electron chi connectivity index (χ4n) is 3.70. The van der Waals surface area contributed by atoms with E-state index in [2.05, 4.69) is 15.2 Å². The summed E-state index contributed by atoms with van der Waals surface area (Å²) in [5, 5.41) is 4.39. The first kappa shape index (κ1) is 24.5. The molecule has 0 atom stereocenters. The molecule has 0 unspecified atom stereocenters. The summed E-state index contributed by atoms with van der Waals surface area (Å²) in [6.45, 7) is 4.95. The number of hydrogen-bond donors (Lipinski definition) is 1. The van der Waals surface area contributed by atoms with Gasteiger partial charge in [0.2, 0.25) is 5.91 Å². The second kappa shape index (κ2) is 10.9. The molecule has 1 aromatic rings. The number of rotatable bonds is 4. The van der Waals surface area contributed by atoms with Gasteiger partial charge in [0.15, 0.2) is 0 Å². The van der Waals surface area contributed by atoms with Gasteiger partial charge in [0.25, 0.3) is 0 Å². The maximum absolute atomic E-state index is 13.2. The van der Waals surface area contributed by atoms with Crippen LogP contribution in [0.3, 0.4) is 0 Å². The Morgan fingerprint density at radius 1 is 1.22 bits per heavy atom. The summed E-state index contributed by atoms with van der Waals surface area (Å²) in [4.78, 5) is 21.6. The van der Waals surface area contributed by atoms with E-state index in [1.54, 1.807) is 19.4 Å². The van der Waals surface area contributed by atoms with Crippen LogP contribution in [0.15, 0.2) is 12.3 Å². The largest absolute Gasteiger partial charge is 0.384 e. The molecule has 0 bridgehead atoms. The molecule has 154 valence electrons. The predicted octanol–water partition coefficient (Wildman–Crippen LogP) is 2.90. The highest BCUT2D eigenvalue weighted by Crippen LogP contribution is 2.33. The van der Waals surface area contributed by atoms with Crippen molar-refractivity contribution in [3.63, 3.8) is 0 Å². The molecule has 2 saturated heterocycles. The summed E-state index contributed by atoms with van der Waals surface area (Å²) < 4.78 is 5.39. The minimum absolute atomic E-state index is 0. The molecule has 0 aromatic carbocycles. The number of hydrogen-bond acceptors (Lipinski definition) is 5. The highest BCUT2D eigenvalue weighted by atomic mass is 35.5. The highest BCUT2D eigenvalue weighted by molar-refractivity contribution is 6.36. The molecule has 2 fully saturated rings. The molecule has 0 aliphatic carbocycles. The number of aromatic nitrogens is 1. The average molecular weight is 460 g/mol. The quantitative estimate of drug-likeness (QED) is 0.750. The number of piperidine rings is 1. The van der Waals surface area contributed by atoms with E-state index in [0.29, 0.717) is 42.8 Å². The van der Waals surface area contributed by atoms with E-state index in [0.717, 1.165) is 31.7 Å². The molecule has 10 heteroatoms. The Balaban J connectivity index is 0.00000182. The summed E-state index contributed by atoms with van der Waals surface area (Å²) in [6, 6.07) is 1.70. The Morgan fingerprint density at radius 3 is 2.41 bits per heavy atom. The minimum Gasteiger partial charge on any atom is -0.384 e. The molecular weight excluding hydrogens is 434 g/mol. The summed E-state index contributed by atoms with van der Waals surface area (Å²) in [5.41, 5.74) is -0.391. The predicted molar refractivity (Wildman–Crippen MR) is 114 cm³/mol. The topological polar surface area (TPSA) is 57.7 Å². The van der Waals surface area contributed by atoms with Crippen molar-refractivity contribution in [2.75, 3.05) is 57.9 Å². The number of methoxy groups -OCH3 is 1. The van der Waals surface area contributed by atoms with Gasteiger partial charge < -0.3 is 19.9 Å². The van der Waals surface area contributed by atoms with E-state index in [-0.39, 0.29) is 30.7 Å². The van der Waals surface area contributed by atoms with Crippen molar-refractivity contribution in [3.05, 3.63) is 22.3 Å². The molecule has 27 heavy (non-hydrogen) atoms. The van der Waals surface area contributed by atoms with Gasteiger partial charge in [0, 0.05) is 39.5 Å².